The molecule has 9 heteroatoms. The van der Waals surface area contributed by atoms with Crippen LogP contribution in [-0.2, 0) is 4.74 Å². The van der Waals surface area contributed by atoms with Crippen molar-refractivity contribution in [2.75, 3.05) is 18.0 Å². The van der Waals surface area contributed by atoms with Gasteiger partial charge in [0.1, 0.15) is 23.3 Å². The number of hydrogen-bond donors (Lipinski definition) is 0. The average molecular weight is 474 g/mol. The minimum Gasteiger partial charge on any atom is -0.444 e. The highest BCUT2D eigenvalue weighted by Gasteiger charge is 2.35. The van der Waals surface area contributed by atoms with Gasteiger partial charge in [0, 0.05) is 30.6 Å². The molecule has 2 aromatic rings. The Morgan fingerprint density at radius 1 is 1.29 bits per heavy atom. The minimum atomic E-state index is -0.554. The van der Waals surface area contributed by atoms with Gasteiger partial charge in [-0.25, -0.2) is 19.2 Å². The zero-order valence-electron chi connectivity index (χ0n) is 16.5. The predicted octanol–water partition coefficient (Wildman–Crippen LogP) is 5.02. The van der Waals surface area contributed by atoms with Crippen LogP contribution in [-0.4, -0.2) is 51.7 Å². The summed E-state index contributed by atoms with van der Waals surface area (Å²) >= 11 is 9.32. The Balaban J connectivity index is 1.93. The fraction of sp³-hybridized carbons (Fsp3) is 0.526. The summed E-state index contributed by atoms with van der Waals surface area (Å²) in [6.45, 7) is 10.5. The van der Waals surface area contributed by atoms with Crippen LogP contribution in [0.3, 0.4) is 0 Å². The van der Waals surface area contributed by atoms with E-state index in [0.717, 1.165) is 0 Å². The maximum absolute atomic E-state index is 14.6. The van der Waals surface area contributed by atoms with E-state index in [4.69, 9.17) is 16.3 Å². The largest absolute Gasteiger partial charge is 0.444 e. The van der Waals surface area contributed by atoms with Gasteiger partial charge in [-0.15, -0.1) is 0 Å². The highest BCUT2D eigenvalue weighted by molar-refractivity contribution is 9.10. The van der Waals surface area contributed by atoms with Crippen LogP contribution >= 0.6 is 27.5 Å². The highest BCUT2D eigenvalue weighted by Crippen LogP contribution is 2.36. The molecule has 6 nitrogen and oxygen atoms in total. The van der Waals surface area contributed by atoms with Crippen LogP contribution < -0.4 is 4.90 Å². The fourth-order valence-electron chi connectivity index (χ4n) is 3.32. The number of fused-ring (bicyclic) bond motifs is 1. The topological polar surface area (TPSA) is 58.6 Å². The Kier molecular flexibility index (Phi) is 5.74. The number of piperazine rings is 1. The average Bonchev–Trinajstić information content (AvgIpc) is 2.59. The number of ether oxygens (including phenoxy) is 1. The van der Waals surface area contributed by atoms with Gasteiger partial charge in [0.05, 0.1) is 9.50 Å². The summed E-state index contributed by atoms with van der Waals surface area (Å²) in [5, 5.41) is 0.798. The lowest BCUT2D eigenvalue weighted by Gasteiger charge is -2.44. The van der Waals surface area contributed by atoms with E-state index >= 15 is 0 Å². The molecule has 1 saturated heterocycles. The van der Waals surface area contributed by atoms with Crippen LogP contribution in [0.2, 0.25) is 5.02 Å². The number of halogens is 3. The molecule has 0 radical (unpaired) electrons. The summed E-state index contributed by atoms with van der Waals surface area (Å²) in [6.07, 6.45) is 1.01. The minimum absolute atomic E-state index is 0.0488. The molecule has 1 fully saturated rings. The second-order valence-corrected chi connectivity index (χ2v) is 9.26. The summed E-state index contributed by atoms with van der Waals surface area (Å²) in [7, 11) is 0. The second kappa shape index (κ2) is 7.63. The Morgan fingerprint density at radius 3 is 2.61 bits per heavy atom. The smallest absolute Gasteiger partial charge is 0.410 e. The van der Waals surface area contributed by atoms with E-state index in [-0.39, 0.29) is 33.2 Å². The molecule has 28 heavy (non-hydrogen) atoms. The fourth-order valence-corrected chi connectivity index (χ4v) is 3.81. The van der Waals surface area contributed by atoms with Crippen LogP contribution in [0.15, 0.2) is 16.9 Å². The van der Waals surface area contributed by atoms with E-state index in [0.29, 0.717) is 24.3 Å². The third-order valence-electron chi connectivity index (χ3n) is 4.63. The van der Waals surface area contributed by atoms with E-state index in [2.05, 4.69) is 30.8 Å². The van der Waals surface area contributed by atoms with Gasteiger partial charge in [-0.3, -0.25) is 0 Å². The summed E-state index contributed by atoms with van der Waals surface area (Å²) in [5.74, 6) is 0.0840. The van der Waals surface area contributed by atoms with E-state index in [1.807, 2.05) is 34.6 Å². The number of nitrogens with zero attached hydrogens (tertiary/aromatic N) is 4. The standard InChI is InChI=1S/C19H23BrClFN4O2/c1-10-8-26(18(27)28-19(3,4)5)11(2)7-25(10)17-12-6-13(21)14(20)15(22)16(12)23-9-24-17/h6,9-11H,7-8H2,1-5H3. The van der Waals surface area contributed by atoms with Crippen LogP contribution in [0.25, 0.3) is 10.9 Å². The third-order valence-corrected chi connectivity index (χ3v) is 5.93. The molecule has 1 aliphatic rings. The summed E-state index contributed by atoms with van der Waals surface area (Å²) < 4.78 is 20.3. The highest BCUT2D eigenvalue weighted by atomic mass is 79.9. The molecule has 1 amide bonds. The number of anilines is 1. The molecular weight excluding hydrogens is 451 g/mol. The first-order valence-electron chi connectivity index (χ1n) is 9.04. The van der Waals surface area contributed by atoms with Gasteiger partial charge in [-0.1, -0.05) is 11.6 Å². The van der Waals surface area contributed by atoms with Gasteiger partial charge in [0.15, 0.2) is 5.82 Å². The van der Waals surface area contributed by atoms with Crippen LogP contribution in [0.5, 0.6) is 0 Å². The zero-order chi connectivity index (χ0) is 20.8. The molecule has 1 aromatic heterocycles. The molecule has 2 unspecified atom stereocenters. The molecule has 2 atom stereocenters. The van der Waals surface area contributed by atoms with E-state index < -0.39 is 11.4 Å². The number of amides is 1. The molecule has 2 heterocycles. The lowest BCUT2D eigenvalue weighted by molar-refractivity contribution is 0.0130. The van der Waals surface area contributed by atoms with Gasteiger partial charge < -0.3 is 14.5 Å². The molecule has 152 valence electrons. The molecule has 1 aromatic carbocycles. The van der Waals surface area contributed by atoms with Crippen molar-refractivity contribution in [3.63, 3.8) is 0 Å². The normalized spacial score (nSPS) is 20.6. The summed E-state index contributed by atoms with van der Waals surface area (Å²) in [4.78, 5) is 24.8. The Labute approximate surface area is 177 Å². The molecule has 3 rings (SSSR count). The van der Waals surface area contributed by atoms with Crippen molar-refractivity contribution in [1.82, 2.24) is 14.9 Å². The van der Waals surface area contributed by atoms with E-state index in [1.54, 1.807) is 11.0 Å². The lowest BCUT2D eigenvalue weighted by Crippen LogP contribution is -2.59. The first kappa shape index (κ1) is 21.0. The quantitative estimate of drug-likeness (QED) is 0.544. The van der Waals surface area contributed by atoms with Crippen molar-refractivity contribution < 1.29 is 13.9 Å². The van der Waals surface area contributed by atoms with Gasteiger partial charge >= 0.3 is 6.09 Å². The van der Waals surface area contributed by atoms with Gasteiger partial charge in [-0.05, 0) is 56.6 Å². The van der Waals surface area contributed by atoms with Crippen LogP contribution in [0.4, 0.5) is 15.0 Å². The van der Waals surface area contributed by atoms with E-state index in [1.165, 1.54) is 6.33 Å². The first-order chi connectivity index (χ1) is 13.0. The molecule has 0 N–H and O–H groups in total. The molecule has 1 aliphatic heterocycles. The van der Waals surface area contributed by atoms with Crippen LogP contribution in [0.1, 0.15) is 34.6 Å². The Hall–Kier alpha value is -1.67. The second-order valence-electron chi connectivity index (χ2n) is 8.06. The molecule has 0 bridgehead atoms. The SMILES string of the molecule is CC1CN(c2ncnc3c(F)c(Br)c(Cl)cc23)C(C)CN1C(=O)OC(C)(C)C. The molecule has 0 aliphatic carbocycles. The van der Waals surface area contributed by atoms with Crippen molar-refractivity contribution in [3.8, 4) is 0 Å². The number of rotatable bonds is 1. The molecule has 0 saturated carbocycles. The van der Waals surface area contributed by atoms with Gasteiger partial charge in [0.2, 0.25) is 0 Å². The maximum atomic E-state index is 14.6. The molecular formula is C19H23BrClFN4O2. The number of aromatic nitrogens is 2. The first-order valence-corrected chi connectivity index (χ1v) is 10.2. The van der Waals surface area contributed by atoms with Crippen molar-refractivity contribution in [2.24, 2.45) is 0 Å². The van der Waals surface area contributed by atoms with Crippen molar-refractivity contribution in [3.05, 3.63) is 27.7 Å². The van der Waals surface area contributed by atoms with Crippen molar-refractivity contribution in [1.29, 1.82) is 0 Å². The Morgan fingerprint density at radius 2 is 1.96 bits per heavy atom. The van der Waals surface area contributed by atoms with Crippen molar-refractivity contribution >= 4 is 50.3 Å². The third kappa shape index (κ3) is 4.03. The maximum Gasteiger partial charge on any atom is 0.410 e. The molecule has 0 spiro atoms. The van der Waals surface area contributed by atoms with Gasteiger partial charge in [-0.2, -0.15) is 0 Å². The van der Waals surface area contributed by atoms with Crippen molar-refractivity contribution in [2.45, 2.75) is 52.3 Å². The number of benzene rings is 1. The number of carbonyl (C=O) groups is 1. The summed E-state index contributed by atoms with van der Waals surface area (Å²) in [6, 6.07) is 1.51. The monoisotopic (exact) mass is 472 g/mol. The number of hydrogen-bond acceptors (Lipinski definition) is 5. The van der Waals surface area contributed by atoms with E-state index in [9.17, 15) is 9.18 Å². The predicted molar refractivity (Wildman–Crippen MR) is 111 cm³/mol. The summed E-state index contributed by atoms with van der Waals surface area (Å²) in [5.41, 5.74) is -0.350. The van der Waals surface area contributed by atoms with Crippen LogP contribution in [0, 0.1) is 5.82 Å². The van der Waals surface area contributed by atoms with Gasteiger partial charge in [0.25, 0.3) is 0 Å². The zero-order valence-corrected chi connectivity index (χ0v) is 18.8. The number of carbonyl (C=O) groups excluding carboxylic acids is 1. The lowest BCUT2D eigenvalue weighted by atomic mass is 10.1. The Bertz CT molecular complexity index is 921.